The molecule has 18 heavy (non-hydrogen) atoms. The number of nitrogens with one attached hydrogen (secondary N) is 1. The van der Waals surface area contributed by atoms with Crippen molar-refractivity contribution in [3.63, 3.8) is 0 Å². The molecule has 6 nitrogen and oxygen atoms in total. The van der Waals surface area contributed by atoms with Crippen LogP contribution in [0.2, 0.25) is 0 Å². The molecule has 1 aliphatic heterocycles. The molecular weight excluding hydrogens is 232 g/mol. The molecule has 0 atom stereocenters. The van der Waals surface area contributed by atoms with Gasteiger partial charge in [-0.2, -0.15) is 0 Å². The van der Waals surface area contributed by atoms with Crippen molar-refractivity contribution in [2.75, 3.05) is 13.1 Å². The number of nitrogens with zero attached hydrogens (tertiary/aromatic N) is 3. The molecule has 0 saturated carbocycles. The maximum Gasteiger partial charge on any atom is 0.330 e. The fourth-order valence-corrected chi connectivity index (χ4v) is 2.26. The molecule has 1 aliphatic rings. The molecule has 92 valence electrons. The number of H-pyrrole nitrogens is 1. The largest absolute Gasteiger partial charge is 0.330 e. The van der Waals surface area contributed by atoms with Crippen molar-refractivity contribution in [1.29, 1.82) is 0 Å². The van der Waals surface area contributed by atoms with E-state index in [1.165, 1.54) is 5.01 Å². The molecule has 6 heteroatoms. The lowest BCUT2D eigenvalue weighted by Crippen LogP contribution is -2.26. The van der Waals surface area contributed by atoms with E-state index in [-0.39, 0.29) is 5.69 Å². The van der Waals surface area contributed by atoms with Gasteiger partial charge in [-0.15, -0.1) is 4.91 Å². The number of para-hydroxylation sites is 2. The van der Waals surface area contributed by atoms with E-state index in [0.29, 0.717) is 19.5 Å². The minimum absolute atomic E-state index is 0.144. The van der Waals surface area contributed by atoms with Gasteiger partial charge in [0, 0.05) is 18.7 Å². The number of hydrogen-bond donors (Lipinski definition) is 1. The van der Waals surface area contributed by atoms with E-state index in [4.69, 9.17) is 0 Å². The topological polar surface area (TPSA) is 70.5 Å². The molecule has 2 aromatic rings. The van der Waals surface area contributed by atoms with E-state index >= 15 is 0 Å². The normalized spacial score (nSPS) is 15.8. The molecule has 0 unspecified atom stereocenters. The van der Waals surface area contributed by atoms with Crippen LogP contribution in [0.4, 0.5) is 0 Å². The highest BCUT2D eigenvalue weighted by molar-refractivity contribution is 5.79. The molecule has 0 aliphatic carbocycles. The van der Waals surface area contributed by atoms with Crippen LogP contribution in [0.1, 0.15) is 6.42 Å². The maximum atomic E-state index is 12.0. The highest BCUT2D eigenvalue weighted by Gasteiger charge is 2.15. The van der Waals surface area contributed by atoms with Gasteiger partial charge in [-0.1, -0.05) is 12.1 Å². The van der Waals surface area contributed by atoms with Crippen molar-refractivity contribution < 1.29 is 0 Å². The van der Waals surface area contributed by atoms with Crippen LogP contribution < -0.4 is 5.69 Å². The average Bonchev–Trinajstić information content (AvgIpc) is 2.75. The monoisotopic (exact) mass is 244 g/mol. The first-order chi connectivity index (χ1) is 8.79. The van der Waals surface area contributed by atoms with Gasteiger partial charge in [0.05, 0.1) is 22.9 Å². The molecule has 0 amide bonds. The number of benzene rings is 1. The number of imidazole rings is 1. The fraction of sp³-hybridized carbons (Fsp3) is 0.250. The Morgan fingerprint density at radius 2 is 2.11 bits per heavy atom. The van der Waals surface area contributed by atoms with Crippen LogP contribution in [0.3, 0.4) is 0 Å². The Morgan fingerprint density at radius 3 is 2.83 bits per heavy atom. The van der Waals surface area contributed by atoms with Crippen LogP contribution in [0.15, 0.2) is 40.4 Å². The first-order valence-corrected chi connectivity index (χ1v) is 5.77. The summed E-state index contributed by atoms with van der Waals surface area (Å²) in [6.45, 7) is 0.992. The van der Waals surface area contributed by atoms with E-state index < -0.39 is 0 Å². The Bertz CT molecular complexity index is 683. The van der Waals surface area contributed by atoms with E-state index in [1.807, 2.05) is 30.3 Å². The van der Waals surface area contributed by atoms with Gasteiger partial charge < -0.3 is 4.98 Å². The van der Waals surface area contributed by atoms with Crippen LogP contribution in [0.5, 0.6) is 0 Å². The summed E-state index contributed by atoms with van der Waals surface area (Å²) in [6.07, 6.45) is 2.50. The van der Waals surface area contributed by atoms with E-state index in [9.17, 15) is 9.70 Å². The summed E-state index contributed by atoms with van der Waals surface area (Å²) in [5.41, 5.74) is 2.45. The molecular formula is C12H12N4O2. The molecule has 0 fully saturated rings. The van der Waals surface area contributed by atoms with Gasteiger partial charge in [0.1, 0.15) is 0 Å². The number of aromatic amines is 1. The van der Waals surface area contributed by atoms with E-state index in [1.54, 1.807) is 4.57 Å². The standard InChI is InChI=1S/C12H12N4O2/c17-12-13-10-3-1-2-4-11(10)16(12)9-5-7-15(14-18)8-6-9/h1-5H,6-8H2,(H,13,17). The van der Waals surface area contributed by atoms with Gasteiger partial charge in [0.15, 0.2) is 0 Å². The zero-order valence-corrected chi connectivity index (χ0v) is 9.67. The van der Waals surface area contributed by atoms with Crippen molar-refractivity contribution >= 4 is 16.7 Å². The Hall–Kier alpha value is -2.37. The number of aromatic nitrogens is 2. The van der Waals surface area contributed by atoms with Gasteiger partial charge >= 0.3 is 5.69 Å². The lowest BCUT2D eigenvalue weighted by molar-refractivity contribution is 0.312. The van der Waals surface area contributed by atoms with Crippen LogP contribution in [0.25, 0.3) is 16.7 Å². The second kappa shape index (κ2) is 4.14. The van der Waals surface area contributed by atoms with Crippen molar-refractivity contribution in [3.8, 4) is 0 Å². The summed E-state index contributed by atoms with van der Waals surface area (Å²) < 4.78 is 1.66. The zero-order chi connectivity index (χ0) is 12.5. The van der Waals surface area contributed by atoms with Crippen LogP contribution in [-0.2, 0) is 0 Å². The molecule has 0 bridgehead atoms. The number of nitroso groups, excluding NO2 is 1. The number of fused-ring (bicyclic) bond motifs is 1. The maximum absolute atomic E-state index is 12.0. The van der Waals surface area contributed by atoms with Gasteiger partial charge in [-0.25, -0.2) is 4.79 Å². The third kappa shape index (κ3) is 1.62. The second-order valence-corrected chi connectivity index (χ2v) is 4.22. The highest BCUT2D eigenvalue weighted by Crippen LogP contribution is 2.19. The predicted molar refractivity (Wildman–Crippen MR) is 68.8 cm³/mol. The smallest absolute Gasteiger partial charge is 0.305 e. The summed E-state index contributed by atoms with van der Waals surface area (Å²) in [6, 6.07) is 7.55. The molecule has 0 radical (unpaired) electrons. The minimum Gasteiger partial charge on any atom is -0.305 e. The molecule has 1 aromatic carbocycles. The van der Waals surface area contributed by atoms with Gasteiger partial charge in [-0.05, 0) is 18.2 Å². The summed E-state index contributed by atoms with van der Waals surface area (Å²) in [4.78, 5) is 25.2. The highest BCUT2D eigenvalue weighted by atomic mass is 16.3. The van der Waals surface area contributed by atoms with Gasteiger partial charge in [0.25, 0.3) is 0 Å². The quantitative estimate of drug-likeness (QED) is 0.815. The van der Waals surface area contributed by atoms with Crippen LogP contribution >= 0.6 is 0 Å². The van der Waals surface area contributed by atoms with Crippen LogP contribution in [0, 0.1) is 4.91 Å². The third-order valence-electron chi connectivity index (χ3n) is 3.16. The molecule has 3 rings (SSSR count). The first-order valence-electron chi connectivity index (χ1n) is 5.77. The third-order valence-corrected chi connectivity index (χ3v) is 3.16. The second-order valence-electron chi connectivity index (χ2n) is 4.22. The molecule has 1 N–H and O–H groups in total. The van der Waals surface area contributed by atoms with Crippen LogP contribution in [-0.4, -0.2) is 27.6 Å². The zero-order valence-electron chi connectivity index (χ0n) is 9.67. The lowest BCUT2D eigenvalue weighted by atomic mass is 10.2. The van der Waals surface area contributed by atoms with Crippen molar-refractivity contribution in [2.45, 2.75) is 6.42 Å². The summed E-state index contributed by atoms with van der Waals surface area (Å²) >= 11 is 0. The van der Waals surface area contributed by atoms with E-state index in [2.05, 4.69) is 10.3 Å². The Balaban J connectivity index is 2.10. The Labute approximate surface area is 102 Å². The Morgan fingerprint density at radius 1 is 1.28 bits per heavy atom. The Kier molecular flexibility index (Phi) is 2.47. The first kappa shape index (κ1) is 10.8. The van der Waals surface area contributed by atoms with Crippen molar-refractivity contribution in [1.82, 2.24) is 14.6 Å². The lowest BCUT2D eigenvalue weighted by Gasteiger charge is -2.20. The van der Waals surface area contributed by atoms with Crippen molar-refractivity contribution in [2.24, 2.45) is 5.29 Å². The predicted octanol–water partition coefficient (Wildman–Crippen LogP) is 1.56. The van der Waals surface area contributed by atoms with Gasteiger partial charge in [0.2, 0.25) is 0 Å². The minimum atomic E-state index is -0.144. The number of rotatable bonds is 2. The van der Waals surface area contributed by atoms with E-state index in [0.717, 1.165) is 16.7 Å². The van der Waals surface area contributed by atoms with Gasteiger partial charge in [-0.3, -0.25) is 9.58 Å². The molecule has 0 spiro atoms. The summed E-state index contributed by atoms with van der Waals surface area (Å²) in [5, 5.41) is 4.33. The SMILES string of the molecule is O=NN1CC=C(n2c(=O)[nH]c3ccccc32)CC1. The number of hydrogen-bond acceptors (Lipinski definition) is 3. The summed E-state index contributed by atoms with van der Waals surface area (Å²) in [7, 11) is 0. The summed E-state index contributed by atoms with van der Waals surface area (Å²) in [5.74, 6) is 0. The average molecular weight is 244 g/mol. The fourth-order valence-electron chi connectivity index (χ4n) is 2.26. The molecule has 1 aromatic heterocycles. The molecule has 2 heterocycles. The van der Waals surface area contributed by atoms with Crippen molar-refractivity contribution in [3.05, 3.63) is 45.7 Å². The molecule has 0 saturated heterocycles.